The maximum absolute atomic E-state index is 13.4. The van der Waals surface area contributed by atoms with Crippen LogP contribution in [0.3, 0.4) is 0 Å². The molecule has 1 N–H and O–H groups in total. The molecule has 0 aliphatic carbocycles. The minimum atomic E-state index is -0.826. The van der Waals surface area contributed by atoms with Gasteiger partial charge in [0.2, 0.25) is 6.79 Å². The second kappa shape index (κ2) is 9.65. The Hall–Kier alpha value is -4.26. The first-order valence-corrected chi connectivity index (χ1v) is 12.3. The highest BCUT2D eigenvalue weighted by molar-refractivity contribution is 6.51. The lowest BCUT2D eigenvalue weighted by atomic mass is 9.93. The molecule has 2 aliphatic rings. The van der Waals surface area contributed by atoms with E-state index in [1.807, 2.05) is 38.1 Å². The molecule has 0 bridgehead atoms. The van der Waals surface area contributed by atoms with E-state index in [-0.39, 0.29) is 24.2 Å². The molecule has 5 rings (SSSR count). The van der Waals surface area contributed by atoms with Crippen LogP contribution >= 0.6 is 0 Å². The summed E-state index contributed by atoms with van der Waals surface area (Å²) in [6.07, 6.45) is 0.000262. The van der Waals surface area contributed by atoms with E-state index < -0.39 is 17.7 Å². The molecule has 2 heterocycles. The molecule has 1 unspecified atom stereocenters. The maximum atomic E-state index is 13.4. The Bertz CT molecular complexity index is 1370. The third-order valence-electron chi connectivity index (χ3n) is 6.50. The summed E-state index contributed by atoms with van der Waals surface area (Å²) >= 11 is 0. The van der Waals surface area contributed by atoms with Crippen LogP contribution in [0.25, 0.3) is 5.76 Å². The Morgan fingerprint density at radius 2 is 1.59 bits per heavy atom. The van der Waals surface area contributed by atoms with Crippen LogP contribution in [0, 0.1) is 0 Å². The van der Waals surface area contributed by atoms with Gasteiger partial charge in [0.25, 0.3) is 11.7 Å². The van der Waals surface area contributed by atoms with Gasteiger partial charge >= 0.3 is 0 Å². The van der Waals surface area contributed by atoms with Crippen LogP contribution < -0.4 is 19.1 Å². The fourth-order valence-electron chi connectivity index (χ4n) is 4.63. The normalized spacial score (nSPS) is 18.2. The number of carbonyl (C=O) groups is 2. The van der Waals surface area contributed by atoms with Crippen molar-refractivity contribution in [3.63, 3.8) is 0 Å². The zero-order chi connectivity index (χ0) is 26.3. The number of hydrogen-bond donors (Lipinski definition) is 1. The molecule has 1 atom stereocenters. The van der Waals surface area contributed by atoms with E-state index in [0.29, 0.717) is 40.0 Å². The Morgan fingerprint density at radius 3 is 2.24 bits per heavy atom. The van der Waals surface area contributed by atoms with E-state index in [2.05, 4.69) is 13.8 Å². The van der Waals surface area contributed by atoms with E-state index in [1.54, 1.807) is 42.5 Å². The molecule has 37 heavy (non-hydrogen) atoms. The molecule has 7 nitrogen and oxygen atoms in total. The summed E-state index contributed by atoms with van der Waals surface area (Å²) in [6, 6.07) is 18.9. The molecule has 3 aromatic carbocycles. The number of carbonyl (C=O) groups excluding carboxylic acids is 2. The van der Waals surface area contributed by atoms with Gasteiger partial charge in [0.1, 0.15) is 11.5 Å². The van der Waals surface area contributed by atoms with E-state index in [1.165, 1.54) is 4.90 Å². The fourth-order valence-corrected chi connectivity index (χ4v) is 4.63. The van der Waals surface area contributed by atoms with Gasteiger partial charge in [-0.15, -0.1) is 0 Å². The molecule has 190 valence electrons. The average molecular weight is 500 g/mol. The molecule has 1 amide bonds. The van der Waals surface area contributed by atoms with Crippen LogP contribution in [0.5, 0.6) is 17.2 Å². The van der Waals surface area contributed by atoms with Crippen molar-refractivity contribution in [3.05, 3.63) is 89.0 Å². The predicted molar refractivity (Wildman–Crippen MR) is 140 cm³/mol. The van der Waals surface area contributed by atoms with Gasteiger partial charge in [0.05, 0.1) is 17.7 Å². The Morgan fingerprint density at radius 1 is 0.919 bits per heavy atom. The molecule has 3 aromatic rings. The zero-order valence-corrected chi connectivity index (χ0v) is 21.2. The lowest BCUT2D eigenvalue weighted by Gasteiger charge is -2.26. The van der Waals surface area contributed by atoms with E-state index in [9.17, 15) is 14.7 Å². The molecule has 0 spiro atoms. The summed E-state index contributed by atoms with van der Waals surface area (Å²) in [6.45, 7) is 8.14. The third-order valence-corrected chi connectivity index (χ3v) is 6.50. The number of hydrogen-bond acceptors (Lipinski definition) is 6. The monoisotopic (exact) mass is 499 g/mol. The predicted octanol–water partition coefficient (Wildman–Crippen LogP) is 5.95. The van der Waals surface area contributed by atoms with Gasteiger partial charge in [0.15, 0.2) is 11.5 Å². The van der Waals surface area contributed by atoms with Gasteiger partial charge in [-0.2, -0.15) is 0 Å². The molecule has 7 heteroatoms. The largest absolute Gasteiger partial charge is 0.507 e. The van der Waals surface area contributed by atoms with Gasteiger partial charge in [-0.3, -0.25) is 14.5 Å². The van der Waals surface area contributed by atoms with E-state index in [4.69, 9.17) is 14.2 Å². The molecule has 1 fully saturated rings. The number of ketones is 1. The van der Waals surface area contributed by atoms with Crippen LogP contribution in [0.4, 0.5) is 5.69 Å². The van der Waals surface area contributed by atoms with Crippen LogP contribution in [-0.2, 0) is 9.59 Å². The molecule has 0 aromatic heterocycles. The van der Waals surface area contributed by atoms with Gasteiger partial charge in [-0.05, 0) is 67.3 Å². The number of rotatable bonds is 6. The molecular formula is C30H29NO6. The first kappa shape index (κ1) is 24.4. The van der Waals surface area contributed by atoms with Crippen molar-refractivity contribution in [3.8, 4) is 17.2 Å². The number of ether oxygens (including phenoxy) is 3. The van der Waals surface area contributed by atoms with Crippen molar-refractivity contribution >= 4 is 23.1 Å². The van der Waals surface area contributed by atoms with Crippen molar-refractivity contribution in [2.75, 3.05) is 11.7 Å². The summed E-state index contributed by atoms with van der Waals surface area (Å²) in [5.41, 5.74) is 2.76. The summed E-state index contributed by atoms with van der Waals surface area (Å²) in [7, 11) is 0. The highest BCUT2D eigenvalue weighted by Gasteiger charge is 2.47. The number of nitrogens with zero attached hydrogens (tertiary/aromatic N) is 1. The van der Waals surface area contributed by atoms with Crippen molar-refractivity contribution in [2.24, 2.45) is 0 Å². The minimum Gasteiger partial charge on any atom is -0.507 e. The molecule has 0 radical (unpaired) electrons. The minimum absolute atomic E-state index is 0.000262. The molecule has 0 saturated carbocycles. The second-order valence-electron chi connectivity index (χ2n) is 9.72. The van der Waals surface area contributed by atoms with Crippen LogP contribution in [-0.4, -0.2) is 29.7 Å². The van der Waals surface area contributed by atoms with Crippen LogP contribution in [0.1, 0.15) is 56.3 Å². The lowest BCUT2D eigenvalue weighted by molar-refractivity contribution is -0.132. The van der Waals surface area contributed by atoms with E-state index >= 15 is 0 Å². The first-order chi connectivity index (χ1) is 17.7. The topological polar surface area (TPSA) is 85.3 Å². The van der Waals surface area contributed by atoms with Crippen LogP contribution in [0.2, 0.25) is 0 Å². The van der Waals surface area contributed by atoms with Crippen molar-refractivity contribution in [2.45, 2.75) is 45.8 Å². The Labute approximate surface area is 215 Å². The molecule has 2 aliphatic heterocycles. The van der Waals surface area contributed by atoms with Crippen LogP contribution in [0.15, 0.2) is 72.3 Å². The highest BCUT2D eigenvalue weighted by Crippen LogP contribution is 2.45. The zero-order valence-electron chi connectivity index (χ0n) is 21.2. The van der Waals surface area contributed by atoms with Crippen molar-refractivity contribution in [1.82, 2.24) is 0 Å². The Balaban J connectivity index is 1.63. The quantitative estimate of drug-likeness (QED) is 0.256. The van der Waals surface area contributed by atoms with E-state index in [0.717, 1.165) is 5.56 Å². The summed E-state index contributed by atoms with van der Waals surface area (Å²) in [4.78, 5) is 28.3. The summed E-state index contributed by atoms with van der Waals surface area (Å²) < 4.78 is 16.6. The third kappa shape index (κ3) is 4.53. The number of aliphatic hydroxyl groups is 1. The standard InChI is InChI=1S/C30H29NO6/c1-17(2)19-5-7-20(8-6-19)27-26(28(32)21-9-12-23(13-10-21)37-18(3)4)29(33)30(34)31(27)22-11-14-24-25(15-22)36-16-35-24/h5-15,17-18,27,32H,16H2,1-4H3/b28-26+. The van der Waals surface area contributed by atoms with Gasteiger partial charge in [0, 0.05) is 17.3 Å². The number of aliphatic hydroxyl groups excluding tert-OH is 1. The number of anilines is 1. The lowest BCUT2D eigenvalue weighted by Crippen LogP contribution is -2.29. The Kier molecular flexibility index (Phi) is 6.38. The SMILES string of the molecule is CC(C)Oc1ccc(/C(O)=C2\C(=O)C(=O)N(c3ccc4c(c3)OCO4)C2c2ccc(C(C)C)cc2)cc1. The number of Topliss-reactive ketones (excluding diaryl/α,β-unsaturated/α-hetero) is 1. The summed E-state index contributed by atoms with van der Waals surface area (Å²) in [5, 5.41) is 11.4. The highest BCUT2D eigenvalue weighted by atomic mass is 16.7. The van der Waals surface area contributed by atoms with Gasteiger partial charge in [-0.25, -0.2) is 0 Å². The second-order valence-corrected chi connectivity index (χ2v) is 9.72. The average Bonchev–Trinajstić information content (AvgIpc) is 3.45. The van der Waals surface area contributed by atoms with Crippen molar-refractivity contribution < 1.29 is 28.9 Å². The van der Waals surface area contributed by atoms with Crippen molar-refractivity contribution in [1.29, 1.82) is 0 Å². The summed E-state index contributed by atoms with van der Waals surface area (Å²) in [5.74, 6) is 0.314. The number of amides is 1. The smallest absolute Gasteiger partial charge is 0.300 e. The molecule has 1 saturated heterocycles. The first-order valence-electron chi connectivity index (χ1n) is 12.3. The molecular weight excluding hydrogens is 470 g/mol. The maximum Gasteiger partial charge on any atom is 0.300 e. The van der Waals surface area contributed by atoms with Gasteiger partial charge in [-0.1, -0.05) is 38.1 Å². The number of benzene rings is 3. The van der Waals surface area contributed by atoms with Gasteiger partial charge < -0.3 is 19.3 Å². The fraction of sp³-hybridized carbons (Fsp3) is 0.267. The number of fused-ring (bicyclic) bond motifs is 1.